The maximum atomic E-state index is 11.4. The quantitative estimate of drug-likeness (QED) is 0.325. The van der Waals surface area contributed by atoms with E-state index in [0.717, 1.165) is 4.90 Å². The van der Waals surface area contributed by atoms with Crippen LogP contribution in [0.3, 0.4) is 0 Å². The summed E-state index contributed by atoms with van der Waals surface area (Å²) in [5.74, 6) is 4.82. The highest BCUT2D eigenvalue weighted by atomic mass is 32.2. The van der Waals surface area contributed by atoms with Crippen molar-refractivity contribution in [1.29, 1.82) is 0 Å². The zero-order chi connectivity index (χ0) is 11.1. The Morgan fingerprint density at radius 1 is 1.67 bits per heavy atom. The molecule has 1 heterocycles. The molecule has 0 aliphatic heterocycles. The van der Waals surface area contributed by atoms with Gasteiger partial charge >= 0.3 is 0 Å². The van der Waals surface area contributed by atoms with Gasteiger partial charge in [0.1, 0.15) is 5.25 Å². The van der Waals surface area contributed by atoms with Gasteiger partial charge in [-0.15, -0.1) is 11.8 Å². The minimum absolute atomic E-state index is 0.251. The van der Waals surface area contributed by atoms with Crippen LogP contribution in [0.1, 0.15) is 0 Å². The first kappa shape index (κ1) is 12.0. The van der Waals surface area contributed by atoms with Crippen molar-refractivity contribution in [3.05, 3.63) is 24.5 Å². The molecule has 1 atom stereocenters. The summed E-state index contributed by atoms with van der Waals surface area (Å²) in [6, 6.07) is 3.66. The summed E-state index contributed by atoms with van der Waals surface area (Å²) in [5.41, 5.74) is 2.11. The third-order valence-corrected chi connectivity index (χ3v) is 2.86. The Labute approximate surface area is 92.4 Å². The number of carbonyl (C=O) groups excluding carboxylic acids is 1. The predicted molar refractivity (Wildman–Crippen MR) is 58.1 cm³/mol. The molecule has 5 nitrogen and oxygen atoms in total. The van der Waals surface area contributed by atoms with E-state index >= 15 is 0 Å². The second kappa shape index (κ2) is 6.39. The number of hydrazine groups is 1. The van der Waals surface area contributed by atoms with Gasteiger partial charge in [-0.25, -0.2) is 5.84 Å². The lowest BCUT2D eigenvalue weighted by molar-refractivity contribution is -0.121. The molecular formula is C9H13N3O2S. The molecule has 6 heteroatoms. The molecule has 0 radical (unpaired) electrons. The van der Waals surface area contributed by atoms with E-state index in [1.165, 1.54) is 11.8 Å². The standard InChI is InChI=1S/C9H13N3O2S/c1-14-6-8(9(13)12-10)15-7-2-4-11-5-3-7/h2-5,8H,6,10H2,1H3,(H,12,13). The van der Waals surface area contributed by atoms with Crippen LogP contribution in [0.4, 0.5) is 0 Å². The number of aromatic nitrogens is 1. The van der Waals surface area contributed by atoms with Crippen molar-refractivity contribution in [1.82, 2.24) is 10.4 Å². The highest BCUT2D eigenvalue weighted by Crippen LogP contribution is 2.22. The van der Waals surface area contributed by atoms with E-state index in [9.17, 15) is 4.79 Å². The maximum absolute atomic E-state index is 11.4. The molecule has 0 aromatic carbocycles. The fourth-order valence-corrected chi connectivity index (χ4v) is 1.98. The number of nitrogens with zero attached hydrogens (tertiary/aromatic N) is 1. The summed E-state index contributed by atoms with van der Waals surface area (Å²) >= 11 is 1.39. The largest absolute Gasteiger partial charge is 0.383 e. The van der Waals surface area contributed by atoms with Crippen LogP contribution in [-0.2, 0) is 9.53 Å². The number of hydrogen-bond donors (Lipinski definition) is 2. The summed E-state index contributed by atoms with van der Waals surface area (Å²) in [7, 11) is 1.55. The molecule has 82 valence electrons. The molecule has 0 aliphatic carbocycles. The van der Waals surface area contributed by atoms with Crippen LogP contribution in [0.2, 0.25) is 0 Å². The van der Waals surface area contributed by atoms with Gasteiger partial charge in [-0.05, 0) is 12.1 Å². The average Bonchev–Trinajstić information content (AvgIpc) is 2.29. The lowest BCUT2D eigenvalue weighted by atomic mass is 10.4. The number of rotatable bonds is 5. The van der Waals surface area contributed by atoms with E-state index in [1.807, 2.05) is 12.1 Å². The van der Waals surface area contributed by atoms with Gasteiger partial charge < -0.3 is 4.74 Å². The molecule has 1 unspecified atom stereocenters. The Kier molecular flexibility index (Phi) is 5.09. The van der Waals surface area contributed by atoms with E-state index in [-0.39, 0.29) is 11.2 Å². The third-order valence-electron chi connectivity index (χ3n) is 1.68. The third kappa shape index (κ3) is 3.86. The maximum Gasteiger partial charge on any atom is 0.249 e. The van der Waals surface area contributed by atoms with E-state index in [2.05, 4.69) is 10.4 Å². The van der Waals surface area contributed by atoms with Crippen LogP contribution in [0.15, 0.2) is 29.4 Å². The van der Waals surface area contributed by atoms with Crippen LogP contribution in [-0.4, -0.2) is 29.9 Å². The number of methoxy groups -OCH3 is 1. The van der Waals surface area contributed by atoms with Gasteiger partial charge in [0.2, 0.25) is 5.91 Å². The molecule has 15 heavy (non-hydrogen) atoms. The number of carbonyl (C=O) groups is 1. The first-order chi connectivity index (χ1) is 7.27. The Hall–Kier alpha value is -1.11. The Balaban J connectivity index is 2.62. The molecule has 0 fully saturated rings. The first-order valence-electron chi connectivity index (χ1n) is 4.34. The average molecular weight is 227 g/mol. The molecule has 3 N–H and O–H groups in total. The van der Waals surface area contributed by atoms with Crippen molar-refractivity contribution in [2.24, 2.45) is 5.84 Å². The molecule has 0 bridgehead atoms. The smallest absolute Gasteiger partial charge is 0.249 e. The van der Waals surface area contributed by atoms with E-state index in [4.69, 9.17) is 10.6 Å². The molecule has 0 spiro atoms. The van der Waals surface area contributed by atoms with Crippen LogP contribution in [0, 0.1) is 0 Å². The van der Waals surface area contributed by atoms with Crippen molar-refractivity contribution < 1.29 is 9.53 Å². The second-order valence-electron chi connectivity index (χ2n) is 2.75. The Morgan fingerprint density at radius 2 is 2.33 bits per heavy atom. The van der Waals surface area contributed by atoms with Gasteiger partial charge in [-0.2, -0.15) is 0 Å². The number of pyridine rings is 1. The normalized spacial score (nSPS) is 12.1. The SMILES string of the molecule is COCC(Sc1ccncc1)C(=O)NN. The van der Waals surface area contributed by atoms with Crippen LogP contribution in [0.25, 0.3) is 0 Å². The molecule has 0 saturated heterocycles. The minimum atomic E-state index is -0.345. The molecule has 1 amide bonds. The van der Waals surface area contributed by atoms with E-state index < -0.39 is 0 Å². The van der Waals surface area contributed by atoms with Crippen LogP contribution < -0.4 is 11.3 Å². The summed E-state index contributed by atoms with van der Waals surface area (Å²) < 4.78 is 4.95. The fraction of sp³-hybridized carbons (Fsp3) is 0.333. The minimum Gasteiger partial charge on any atom is -0.383 e. The zero-order valence-corrected chi connectivity index (χ0v) is 9.16. The number of thioether (sulfide) groups is 1. The number of amides is 1. The summed E-state index contributed by atoms with van der Waals surface area (Å²) in [5, 5.41) is -0.345. The number of hydrogen-bond acceptors (Lipinski definition) is 5. The number of ether oxygens (including phenoxy) is 1. The second-order valence-corrected chi connectivity index (χ2v) is 4.03. The highest BCUT2D eigenvalue weighted by Gasteiger charge is 2.18. The van der Waals surface area contributed by atoms with Gasteiger partial charge in [-0.1, -0.05) is 0 Å². The van der Waals surface area contributed by atoms with Gasteiger partial charge in [0.05, 0.1) is 6.61 Å². The fourth-order valence-electron chi connectivity index (χ4n) is 0.989. The van der Waals surface area contributed by atoms with Gasteiger partial charge in [0, 0.05) is 24.4 Å². The van der Waals surface area contributed by atoms with E-state index in [1.54, 1.807) is 19.5 Å². The van der Waals surface area contributed by atoms with Gasteiger partial charge in [0.25, 0.3) is 0 Å². The lowest BCUT2D eigenvalue weighted by Crippen LogP contribution is -2.39. The van der Waals surface area contributed by atoms with Crippen molar-refractivity contribution in [2.45, 2.75) is 10.1 Å². The van der Waals surface area contributed by atoms with Gasteiger partial charge in [0.15, 0.2) is 0 Å². The first-order valence-corrected chi connectivity index (χ1v) is 5.22. The number of nitrogens with one attached hydrogen (secondary N) is 1. The van der Waals surface area contributed by atoms with E-state index in [0.29, 0.717) is 6.61 Å². The molecule has 1 rings (SSSR count). The summed E-state index contributed by atoms with van der Waals surface area (Å²) in [6.07, 6.45) is 3.35. The van der Waals surface area contributed by atoms with Crippen LogP contribution >= 0.6 is 11.8 Å². The predicted octanol–water partition coefficient (Wildman–Crippen LogP) is 0.179. The Morgan fingerprint density at radius 3 is 2.87 bits per heavy atom. The topological polar surface area (TPSA) is 77.2 Å². The van der Waals surface area contributed by atoms with Crippen LogP contribution in [0.5, 0.6) is 0 Å². The molecular weight excluding hydrogens is 214 g/mol. The molecule has 0 aliphatic rings. The van der Waals surface area contributed by atoms with Crippen molar-refractivity contribution >= 4 is 17.7 Å². The molecule has 1 aromatic rings. The Bertz CT molecular complexity index is 307. The monoisotopic (exact) mass is 227 g/mol. The van der Waals surface area contributed by atoms with Gasteiger partial charge in [-0.3, -0.25) is 15.2 Å². The zero-order valence-electron chi connectivity index (χ0n) is 8.34. The van der Waals surface area contributed by atoms with Crippen molar-refractivity contribution in [3.8, 4) is 0 Å². The summed E-state index contributed by atoms with van der Waals surface area (Å²) in [4.78, 5) is 16.2. The highest BCUT2D eigenvalue weighted by molar-refractivity contribution is 8.00. The van der Waals surface area contributed by atoms with Crippen molar-refractivity contribution in [2.75, 3.05) is 13.7 Å². The lowest BCUT2D eigenvalue weighted by Gasteiger charge is -2.13. The number of nitrogens with two attached hydrogens (primary N) is 1. The molecule has 1 aromatic heterocycles. The molecule has 0 saturated carbocycles. The van der Waals surface area contributed by atoms with Crippen molar-refractivity contribution in [3.63, 3.8) is 0 Å². The summed E-state index contributed by atoms with van der Waals surface area (Å²) in [6.45, 7) is 0.315.